The van der Waals surface area contributed by atoms with E-state index in [1.54, 1.807) is 0 Å². The van der Waals surface area contributed by atoms with Crippen LogP contribution in [0.2, 0.25) is 5.02 Å². The molecular formula is C21H24ClN3. The Hall–Kier alpha value is -1.84. The largest absolute Gasteiger partial charge is 0.343 e. The second kappa shape index (κ2) is 6.81. The number of piperidine rings is 1. The number of nitrogens with zero attached hydrogens (tertiary/aromatic N) is 1. The van der Waals surface area contributed by atoms with Gasteiger partial charge in [0, 0.05) is 16.1 Å². The molecule has 2 heterocycles. The van der Waals surface area contributed by atoms with Crippen LogP contribution in [0, 0.1) is 5.41 Å². The molecule has 1 saturated heterocycles. The lowest BCUT2D eigenvalue weighted by molar-refractivity contribution is 0.292. The summed E-state index contributed by atoms with van der Waals surface area (Å²) in [5.41, 5.74) is 3.87. The Balaban J connectivity index is 1.72. The first-order chi connectivity index (χ1) is 12.2. The zero-order valence-corrected chi connectivity index (χ0v) is 15.3. The number of anilines is 1. The molecular weight excluding hydrogens is 330 g/mol. The van der Waals surface area contributed by atoms with Crippen LogP contribution in [-0.2, 0) is 6.42 Å². The lowest BCUT2D eigenvalue weighted by atomic mass is 9.70. The summed E-state index contributed by atoms with van der Waals surface area (Å²) in [4.78, 5) is 5.14. The van der Waals surface area contributed by atoms with Gasteiger partial charge in [-0.2, -0.15) is 0 Å². The minimum Gasteiger partial charge on any atom is -0.343 e. The van der Waals surface area contributed by atoms with E-state index >= 15 is 0 Å². The molecule has 0 bridgehead atoms. The summed E-state index contributed by atoms with van der Waals surface area (Å²) in [7, 11) is 0. The fourth-order valence-corrected chi connectivity index (χ4v) is 4.23. The maximum absolute atomic E-state index is 6.17. The van der Waals surface area contributed by atoms with E-state index in [-0.39, 0.29) is 11.5 Å². The van der Waals surface area contributed by atoms with Crippen LogP contribution in [0.5, 0.6) is 0 Å². The number of rotatable bonds is 2. The van der Waals surface area contributed by atoms with Gasteiger partial charge in [-0.1, -0.05) is 41.9 Å². The van der Waals surface area contributed by atoms with Crippen molar-refractivity contribution in [1.82, 2.24) is 5.32 Å². The molecule has 2 aliphatic heterocycles. The number of aliphatic imine (C=N–C) groups is 1. The molecule has 1 atom stereocenters. The number of hydrogen-bond donors (Lipinski definition) is 2. The van der Waals surface area contributed by atoms with Crippen molar-refractivity contribution in [2.75, 3.05) is 18.4 Å². The van der Waals surface area contributed by atoms with Crippen molar-refractivity contribution in [2.24, 2.45) is 10.4 Å². The van der Waals surface area contributed by atoms with E-state index in [0.717, 1.165) is 48.8 Å². The second-order valence-electron chi connectivity index (χ2n) is 7.20. The van der Waals surface area contributed by atoms with Crippen LogP contribution in [0.4, 0.5) is 5.69 Å². The first-order valence-corrected chi connectivity index (χ1v) is 9.43. The van der Waals surface area contributed by atoms with Crippen LogP contribution in [0.15, 0.2) is 53.5 Å². The maximum Gasteiger partial charge on any atom is 0.108 e. The Morgan fingerprint density at radius 2 is 1.88 bits per heavy atom. The molecule has 25 heavy (non-hydrogen) atoms. The summed E-state index contributed by atoms with van der Waals surface area (Å²) in [6.07, 6.45) is 3.31. The van der Waals surface area contributed by atoms with Crippen LogP contribution in [0.1, 0.15) is 36.9 Å². The summed E-state index contributed by atoms with van der Waals surface area (Å²) in [6, 6.07) is 16.7. The number of halogens is 1. The third-order valence-corrected chi connectivity index (χ3v) is 5.75. The van der Waals surface area contributed by atoms with Gasteiger partial charge < -0.3 is 10.6 Å². The molecule has 2 aliphatic rings. The van der Waals surface area contributed by atoms with Gasteiger partial charge >= 0.3 is 0 Å². The first kappa shape index (κ1) is 16.6. The SMILES string of the molecule is CC(N=C1Nc2ccccc2CC12CCNCC2)c1cccc(Cl)c1. The van der Waals surface area contributed by atoms with E-state index in [1.807, 2.05) is 18.2 Å². The van der Waals surface area contributed by atoms with Crippen molar-refractivity contribution in [2.45, 2.75) is 32.2 Å². The fourth-order valence-electron chi connectivity index (χ4n) is 4.03. The Labute approximate surface area is 154 Å². The van der Waals surface area contributed by atoms with Crippen molar-refractivity contribution >= 4 is 23.1 Å². The molecule has 2 N–H and O–H groups in total. The van der Waals surface area contributed by atoms with Crippen LogP contribution in [0.3, 0.4) is 0 Å². The van der Waals surface area contributed by atoms with Gasteiger partial charge in [0.1, 0.15) is 5.84 Å². The van der Waals surface area contributed by atoms with E-state index < -0.39 is 0 Å². The van der Waals surface area contributed by atoms with Crippen molar-refractivity contribution in [3.8, 4) is 0 Å². The second-order valence-corrected chi connectivity index (χ2v) is 7.63. The third kappa shape index (κ3) is 3.31. The van der Waals surface area contributed by atoms with Crippen molar-refractivity contribution in [3.63, 3.8) is 0 Å². The summed E-state index contributed by atoms with van der Waals surface area (Å²) in [6.45, 7) is 4.25. The average Bonchev–Trinajstić information content (AvgIpc) is 2.63. The molecule has 0 radical (unpaired) electrons. The molecule has 1 spiro atoms. The number of nitrogens with one attached hydrogen (secondary N) is 2. The minimum absolute atomic E-state index is 0.0817. The van der Waals surface area contributed by atoms with Crippen LogP contribution < -0.4 is 10.6 Å². The number of amidine groups is 1. The zero-order valence-electron chi connectivity index (χ0n) is 14.6. The van der Waals surface area contributed by atoms with Gasteiger partial charge in [0.25, 0.3) is 0 Å². The Morgan fingerprint density at radius 3 is 2.68 bits per heavy atom. The highest BCUT2D eigenvalue weighted by molar-refractivity contribution is 6.30. The van der Waals surface area contributed by atoms with Crippen LogP contribution >= 0.6 is 11.6 Å². The van der Waals surface area contributed by atoms with Crippen molar-refractivity contribution in [3.05, 3.63) is 64.7 Å². The molecule has 0 aliphatic carbocycles. The quantitative estimate of drug-likeness (QED) is 0.810. The monoisotopic (exact) mass is 353 g/mol. The molecule has 1 unspecified atom stereocenters. The first-order valence-electron chi connectivity index (χ1n) is 9.06. The van der Waals surface area contributed by atoms with Gasteiger partial charge in [0.15, 0.2) is 0 Å². The summed E-state index contributed by atoms with van der Waals surface area (Å²) in [5, 5.41) is 7.92. The van der Waals surface area contributed by atoms with Crippen LogP contribution in [0.25, 0.3) is 0 Å². The van der Waals surface area contributed by atoms with Gasteiger partial charge in [-0.05, 0) is 68.6 Å². The average molecular weight is 354 g/mol. The molecule has 0 amide bonds. The smallest absolute Gasteiger partial charge is 0.108 e. The molecule has 2 aromatic carbocycles. The minimum atomic E-state index is 0.0817. The molecule has 1 fully saturated rings. The highest BCUT2D eigenvalue weighted by atomic mass is 35.5. The van der Waals surface area contributed by atoms with Gasteiger partial charge in [-0.15, -0.1) is 0 Å². The Morgan fingerprint density at radius 1 is 1.08 bits per heavy atom. The number of para-hydroxylation sites is 1. The lowest BCUT2D eigenvalue weighted by Gasteiger charge is -2.43. The maximum atomic E-state index is 6.17. The molecule has 0 aromatic heterocycles. The topological polar surface area (TPSA) is 36.4 Å². The van der Waals surface area contributed by atoms with E-state index in [4.69, 9.17) is 16.6 Å². The van der Waals surface area contributed by atoms with E-state index in [9.17, 15) is 0 Å². The summed E-state index contributed by atoms with van der Waals surface area (Å²) >= 11 is 6.17. The highest BCUT2D eigenvalue weighted by Crippen LogP contribution is 2.41. The summed E-state index contributed by atoms with van der Waals surface area (Å²) in [5.74, 6) is 1.14. The molecule has 2 aromatic rings. The van der Waals surface area contributed by atoms with Crippen molar-refractivity contribution < 1.29 is 0 Å². The fraction of sp³-hybridized carbons (Fsp3) is 0.381. The number of hydrogen-bond acceptors (Lipinski definition) is 2. The normalized spacial score (nSPS) is 21.6. The van der Waals surface area contributed by atoms with Crippen molar-refractivity contribution in [1.29, 1.82) is 0 Å². The lowest BCUT2D eigenvalue weighted by Crippen LogP contribution is -2.48. The van der Waals surface area contributed by atoms with Gasteiger partial charge in [0.05, 0.1) is 6.04 Å². The van der Waals surface area contributed by atoms with E-state index in [2.05, 4.69) is 47.9 Å². The molecule has 4 rings (SSSR count). The van der Waals surface area contributed by atoms with Gasteiger partial charge in [0.2, 0.25) is 0 Å². The molecule has 4 heteroatoms. The predicted octanol–water partition coefficient (Wildman–Crippen LogP) is 4.84. The highest BCUT2D eigenvalue weighted by Gasteiger charge is 2.41. The van der Waals surface area contributed by atoms with Crippen LogP contribution in [-0.4, -0.2) is 18.9 Å². The number of benzene rings is 2. The number of fused-ring (bicyclic) bond motifs is 1. The Bertz CT molecular complexity index is 793. The molecule has 130 valence electrons. The predicted molar refractivity (Wildman–Crippen MR) is 106 cm³/mol. The molecule has 3 nitrogen and oxygen atoms in total. The van der Waals surface area contributed by atoms with Gasteiger partial charge in [-0.25, -0.2) is 0 Å². The molecule has 0 saturated carbocycles. The van der Waals surface area contributed by atoms with E-state index in [1.165, 1.54) is 11.3 Å². The van der Waals surface area contributed by atoms with Gasteiger partial charge in [-0.3, -0.25) is 4.99 Å². The van der Waals surface area contributed by atoms with E-state index in [0.29, 0.717) is 0 Å². The third-order valence-electron chi connectivity index (χ3n) is 5.52. The summed E-state index contributed by atoms with van der Waals surface area (Å²) < 4.78 is 0. The Kier molecular flexibility index (Phi) is 4.53. The standard InChI is InChI=1S/C21H24ClN3/c1-15(16-6-4-7-18(22)13-16)24-20-21(9-11-23-12-10-21)14-17-5-2-3-8-19(17)25-20/h2-8,13,15,23H,9-12,14H2,1H3,(H,24,25). The zero-order chi connectivity index (χ0) is 17.3.